The van der Waals surface area contributed by atoms with Crippen LogP contribution in [0.4, 0.5) is 0 Å². The molecule has 3 rings (SSSR count). The van der Waals surface area contributed by atoms with Crippen LogP contribution in [-0.4, -0.2) is 31.5 Å². The zero-order valence-corrected chi connectivity index (χ0v) is 13.7. The van der Waals surface area contributed by atoms with E-state index in [0.29, 0.717) is 25.6 Å². The molecule has 0 fully saturated rings. The van der Waals surface area contributed by atoms with Gasteiger partial charge in [0.05, 0.1) is 12.4 Å². The second-order valence-corrected chi connectivity index (χ2v) is 6.03. The molecule has 1 aliphatic heterocycles. The van der Waals surface area contributed by atoms with Crippen molar-refractivity contribution in [3.05, 3.63) is 42.5 Å². The fraction of sp³-hybridized carbons (Fsp3) is 0.278. The monoisotopic (exact) mass is 330 g/mol. The van der Waals surface area contributed by atoms with Gasteiger partial charge in [0, 0.05) is 4.90 Å². The predicted octanol–water partition coefficient (Wildman–Crippen LogP) is 3.78. The lowest BCUT2D eigenvalue weighted by Gasteiger charge is -2.19. The maximum Gasteiger partial charge on any atom is 0.316 e. The molecule has 0 aromatic heterocycles. The van der Waals surface area contributed by atoms with Gasteiger partial charge in [0.2, 0.25) is 0 Å². The van der Waals surface area contributed by atoms with Crippen LogP contribution in [0.3, 0.4) is 0 Å². The van der Waals surface area contributed by atoms with Crippen molar-refractivity contribution in [3.63, 3.8) is 0 Å². The Kier molecular flexibility index (Phi) is 5.08. The first-order valence-electron chi connectivity index (χ1n) is 7.55. The quantitative estimate of drug-likeness (QED) is 0.617. The van der Waals surface area contributed by atoms with Gasteiger partial charge in [-0.3, -0.25) is 4.79 Å². The summed E-state index contributed by atoms with van der Waals surface area (Å²) in [5, 5.41) is 0. The number of rotatable bonds is 5. The fourth-order valence-corrected chi connectivity index (χ4v) is 3.01. The summed E-state index contributed by atoms with van der Waals surface area (Å²) in [4.78, 5) is 12.4. The van der Waals surface area contributed by atoms with Gasteiger partial charge in [-0.2, -0.15) is 0 Å². The standard InChI is InChI=1S/C18H18O4S/c1-2-20-18(19)12-23-15-6-3-13(4-7-15)14-5-8-16-17(11-14)22-10-9-21-16/h3-8,11H,2,9-10,12H2,1H3. The lowest BCUT2D eigenvalue weighted by molar-refractivity contribution is -0.139. The molecule has 0 atom stereocenters. The summed E-state index contributed by atoms with van der Waals surface area (Å²) in [5.41, 5.74) is 2.18. The first kappa shape index (κ1) is 15.7. The molecule has 2 aromatic carbocycles. The third kappa shape index (κ3) is 3.99. The van der Waals surface area contributed by atoms with Gasteiger partial charge in [-0.05, 0) is 42.3 Å². The lowest BCUT2D eigenvalue weighted by Crippen LogP contribution is -2.15. The number of esters is 1. The Bertz CT molecular complexity index is 682. The average molecular weight is 330 g/mol. The van der Waals surface area contributed by atoms with Crippen LogP contribution in [-0.2, 0) is 9.53 Å². The molecule has 0 bridgehead atoms. The Morgan fingerprint density at radius 3 is 2.48 bits per heavy atom. The molecule has 1 aliphatic rings. The van der Waals surface area contributed by atoms with Crippen molar-refractivity contribution in [1.82, 2.24) is 0 Å². The smallest absolute Gasteiger partial charge is 0.316 e. The topological polar surface area (TPSA) is 44.8 Å². The van der Waals surface area contributed by atoms with Crippen LogP contribution in [0.15, 0.2) is 47.4 Å². The second kappa shape index (κ2) is 7.42. The van der Waals surface area contributed by atoms with Crippen molar-refractivity contribution in [3.8, 4) is 22.6 Å². The van der Waals surface area contributed by atoms with Gasteiger partial charge in [-0.25, -0.2) is 0 Å². The van der Waals surface area contributed by atoms with Gasteiger partial charge in [0.1, 0.15) is 13.2 Å². The molecular weight excluding hydrogens is 312 g/mol. The number of benzene rings is 2. The SMILES string of the molecule is CCOC(=O)CSc1ccc(-c2ccc3c(c2)OCCO3)cc1. The Labute approximate surface area is 139 Å². The number of hydrogen-bond acceptors (Lipinski definition) is 5. The molecule has 0 amide bonds. The molecule has 5 heteroatoms. The highest BCUT2D eigenvalue weighted by Crippen LogP contribution is 2.35. The molecule has 1 heterocycles. The Morgan fingerprint density at radius 1 is 1.04 bits per heavy atom. The largest absolute Gasteiger partial charge is 0.486 e. The molecular formula is C18H18O4S. The summed E-state index contributed by atoms with van der Waals surface area (Å²) < 4.78 is 16.1. The molecule has 4 nitrogen and oxygen atoms in total. The van der Waals surface area contributed by atoms with Crippen LogP contribution in [0.25, 0.3) is 11.1 Å². The minimum absolute atomic E-state index is 0.187. The molecule has 120 valence electrons. The van der Waals surface area contributed by atoms with E-state index >= 15 is 0 Å². The van der Waals surface area contributed by atoms with Crippen molar-refractivity contribution in [2.45, 2.75) is 11.8 Å². The van der Waals surface area contributed by atoms with Gasteiger partial charge in [0.25, 0.3) is 0 Å². The van der Waals surface area contributed by atoms with E-state index in [1.54, 1.807) is 0 Å². The zero-order chi connectivity index (χ0) is 16.1. The highest BCUT2D eigenvalue weighted by atomic mass is 32.2. The van der Waals surface area contributed by atoms with Gasteiger partial charge in [-0.1, -0.05) is 18.2 Å². The molecule has 2 aromatic rings. The van der Waals surface area contributed by atoms with E-state index in [4.69, 9.17) is 14.2 Å². The highest BCUT2D eigenvalue weighted by molar-refractivity contribution is 8.00. The minimum atomic E-state index is -0.187. The number of ether oxygens (including phenoxy) is 3. The normalized spacial score (nSPS) is 12.7. The van der Waals surface area contributed by atoms with Crippen molar-refractivity contribution >= 4 is 17.7 Å². The number of thioether (sulfide) groups is 1. The van der Waals surface area contributed by atoms with Crippen LogP contribution in [0.5, 0.6) is 11.5 Å². The maximum atomic E-state index is 11.4. The fourth-order valence-electron chi connectivity index (χ4n) is 2.31. The highest BCUT2D eigenvalue weighted by Gasteiger charge is 2.12. The summed E-state index contributed by atoms with van der Waals surface area (Å²) in [6.45, 7) is 3.41. The number of fused-ring (bicyclic) bond motifs is 1. The van der Waals surface area contributed by atoms with E-state index < -0.39 is 0 Å². The molecule has 0 N–H and O–H groups in total. The van der Waals surface area contributed by atoms with Crippen LogP contribution in [0, 0.1) is 0 Å². The molecule has 0 radical (unpaired) electrons. The van der Waals surface area contributed by atoms with Crippen molar-refractivity contribution in [2.75, 3.05) is 25.6 Å². The van der Waals surface area contributed by atoms with Gasteiger partial charge in [0.15, 0.2) is 11.5 Å². The Balaban J connectivity index is 1.68. The van der Waals surface area contributed by atoms with E-state index in [1.165, 1.54) is 11.8 Å². The molecule has 0 saturated heterocycles. The van der Waals surface area contributed by atoms with E-state index in [2.05, 4.69) is 0 Å². The van der Waals surface area contributed by atoms with E-state index in [-0.39, 0.29) is 5.97 Å². The Hall–Kier alpha value is -2.14. The average Bonchev–Trinajstić information content (AvgIpc) is 2.60. The van der Waals surface area contributed by atoms with E-state index in [1.807, 2.05) is 49.4 Å². The molecule has 23 heavy (non-hydrogen) atoms. The summed E-state index contributed by atoms with van der Waals surface area (Å²) in [6.07, 6.45) is 0. The Morgan fingerprint density at radius 2 is 1.74 bits per heavy atom. The second-order valence-electron chi connectivity index (χ2n) is 4.98. The van der Waals surface area contributed by atoms with Crippen LogP contribution >= 0.6 is 11.8 Å². The van der Waals surface area contributed by atoms with Crippen molar-refractivity contribution < 1.29 is 19.0 Å². The molecule has 0 unspecified atom stereocenters. The first-order chi connectivity index (χ1) is 11.3. The van der Waals surface area contributed by atoms with Crippen LogP contribution in [0.1, 0.15) is 6.92 Å². The summed E-state index contributed by atoms with van der Waals surface area (Å²) >= 11 is 1.48. The number of carbonyl (C=O) groups excluding carboxylic acids is 1. The number of hydrogen-bond donors (Lipinski definition) is 0. The lowest BCUT2D eigenvalue weighted by atomic mass is 10.1. The van der Waals surface area contributed by atoms with Crippen molar-refractivity contribution in [2.24, 2.45) is 0 Å². The van der Waals surface area contributed by atoms with Gasteiger partial charge >= 0.3 is 5.97 Å². The minimum Gasteiger partial charge on any atom is -0.486 e. The maximum absolute atomic E-state index is 11.4. The van der Waals surface area contributed by atoms with E-state index in [0.717, 1.165) is 27.5 Å². The summed E-state index contributed by atoms with van der Waals surface area (Å²) in [6, 6.07) is 14.1. The molecule has 0 spiro atoms. The van der Waals surface area contributed by atoms with Crippen molar-refractivity contribution in [1.29, 1.82) is 0 Å². The third-order valence-electron chi connectivity index (χ3n) is 3.39. The van der Waals surface area contributed by atoms with Crippen LogP contribution in [0.2, 0.25) is 0 Å². The first-order valence-corrected chi connectivity index (χ1v) is 8.53. The van der Waals surface area contributed by atoms with Gasteiger partial charge < -0.3 is 14.2 Å². The van der Waals surface area contributed by atoms with Gasteiger partial charge in [-0.15, -0.1) is 11.8 Å². The number of carbonyl (C=O) groups is 1. The third-order valence-corrected chi connectivity index (χ3v) is 4.38. The summed E-state index contributed by atoms with van der Waals surface area (Å²) in [5.74, 6) is 1.72. The summed E-state index contributed by atoms with van der Waals surface area (Å²) in [7, 11) is 0. The van der Waals surface area contributed by atoms with E-state index in [9.17, 15) is 4.79 Å². The predicted molar refractivity (Wildman–Crippen MR) is 90.2 cm³/mol. The molecule has 0 saturated carbocycles. The molecule has 0 aliphatic carbocycles. The van der Waals surface area contributed by atoms with Crippen LogP contribution < -0.4 is 9.47 Å². The zero-order valence-electron chi connectivity index (χ0n) is 12.9.